The van der Waals surface area contributed by atoms with Crippen molar-refractivity contribution in [2.24, 2.45) is 0 Å². The summed E-state index contributed by atoms with van der Waals surface area (Å²) in [5.74, 6) is 7.43. The summed E-state index contributed by atoms with van der Waals surface area (Å²) in [6, 6.07) is 0.546. The Morgan fingerprint density at radius 1 is 1.40 bits per heavy atom. The molecule has 1 nitrogen and oxygen atoms in total. The third kappa shape index (κ3) is 3.94. The zero-order valence-electron chi connectivity index (χ0n) is 10.0. The Hall–Kier alpha value is 0.220. The van der Waals surface area contributed by atoms with Gasteiger partial charge in [-0.3, -0.25) is 0 Å². The van der Waals surface area contributed by atoms with Crippen molar-refractivity contribution in [3.63, 3.8) is 0 Å². The fourth-order valence-corrected chi connectivity index (χ4v) is 4.82. The van der Waals surface area contributed by atoms with Crippen LogP contribution in [0.15, 0.2) is 0 Å². The third-order valence-corrected chi connectivity index (χ3v) is 6.44. The molecule has 0 spiro atoms. The van der Waals surface area contributed by atoms with Crippen LogP contribution in [0.2, 0.25) is 0 Å². The van der Waals surface area contributed by atoms with E-state index in [1.807, 2.05) is 6.92 Å². The largest absolute Gasteiger partial charge is 0.315 e. The lowest BCUT2D eigenvalue weighted by Gasteiger charge is -2.35. The summed E-state index contributed by atoms with van der Waals surface area (Å²) >= 11 is 4.23. The average Bonchev–Trinajstić information content (AvgIpc) is 2.24. The molecule has 0 bridgehead atoms. The highest BCUT2D eigenvalue weighted by molar-refractivity contribution is 8.07. The lowest BCUT2D eigenvalue weighted by molar-refractivity contribution is 0.570. The second-order valence-corrected chi connectivity index (χ2v) is 6.98. The quantitative estimate of drug-likeness (QED) is 0.765. The van der Waals surface area contributed by atoms with Crippen LogP contribution in [0.3, 0.4) is 0 Å². The molecular weight excluding hydrogens is 222 g/mol. The first kappa shape index (κ1) is 13.3. The summed E-state index contributed by atoms with van der Waals surface area (Å²) in [6.07, 6.45) is 0.978. The maximum Gasteiger partial charge on any atom is 0.0304 e. The molecule has 0 aliphatic carbocycles. The Kier molecular flexibility index (Phi) is 5.96. The van der Waals surface area contributed by atoms with Crippen molar-refractivity contribution in [2.45, 2.75) is 49.0 Å². The minimum absolute atomic E-state index is 0.546. The van der Waals surface area contributed by atoms with E-state index in [-0.39, 0.29) is 0 Å². The highest BCUT2D eigenvalue weighted by Crippen LogP contribution is 2.37. The van der Waals surface area contributed by atoms with Crippen LogP contribution in [0.4, 0.5) is 0 Å². The molecule has 1 heterocycles. The molecule has 4 atom stereocenters. The van der Waals surface area contributed by atoms with Crippen LogP contribution in [-0.2, 0) is 0 Å². The summed E-state index contributed by atoms with van der Waals surface area (Å²) in [6.45, 7) is 6.59. The van der Waals surface area contributed by atoms with Gasteiger partial charge in [0.15, 0.2) is 0 Å². The first-order valence-electron chi connectivity index (χ1n) is 5.53. The maximum atomic E-state index is 3.41. The van der Waals surface area contributed by atoms with E-state index in [0.717, 1.165) is 16.9 Å². The van der Waals surface area contributed by atoms with E-state index in [2.05, 4.69) is 61.6 Å². The van der Waals surface area contributed by atoms with Gasteiger partial charge in [-0.15, -0.1) is 11.8 Å². The molecule has 1 saturated heterocycles. The van der Waals surface area contributed by atoms with Crippen LogP contribution in [-0.4, -0.2) is 34.6 Å². The molecule has 1 aliphatic rings. The number of rotatable bonds is 3. The van der Waals surface area contributed by atoms with Crippen LogP contribution in [0.1, 0.15) is 27.2 Å². The zero-order valence-corrected chi connectivity index (χ0v) is 11.7. The summed E-state index contributed by atoms with van der Waals surface area (Å²) in [5, 5.41) is 5.68. The highest BCUT2D eigenvalue weighted by Gasteiger charge is 2.29. The van der Waals surface area contributed by atoms with E-state index >= 15 is 0 Å². The fraction of sp³-hybridized carbons (Fsp3) is 0.833. The minimum atomic E-state index is 0.546. The van der Waals surface area contributed by atoms with E-state index in [0.29, 0.717) is 11.3 Å². The second kappa shape index (κ2) is 6.73. The van der Waals surface area contributed by atoms with E-state index in [1.165, 1.54) is 5.75 Å². The van der Waals surface area contributed by atoms with Gasteiger partial charge >= 0.3 is 0 Å². The molecule has 3 heteroatoms. The van der Waals surface area contributed by atoms with E-state index in [1.54, 1.807) is 0 Å². The number of thioether (sulfide) groups is 2. The molecule has 1 fully saturated rings. The standard InChI is InChI=1S/C12H21NS2/c1-5-6-7-11(13-4)12-8-14-9(2)10(3)15-12/h9-13H,7-8H2,1-4H3. The predicted molar refractivity (Wildman–Crippen MR) is 73.7 cm³/mol. The van der Waals surface area contributed by atoms with Gasteiger partial charge < -0.3 is 5.32 Å². The summed E-state index contributed by atoms with van der Waals surface area (Å²) in [5.41, 5.74) is 0. The summed E-state index contributed by atoms with van der Waals surface area (Å²) in [4.78, 5) is 0. The Bertz CT molecular complexity index is 244. The van der Waals surface area contributed by atoms with E-state index in [9.17, 15) is 0 Å². The smallest absolute Gasteiger partial charge is 0.0304 e. The minimum Gasteiger partial charge on any atom is -0.315 e. The summed E-state index contributed by atoms with van der Waals surface area (Å²) in [7, 11) is 2.05. The molecule has 0 radical (unpaired) electrons. The summed E-state index contributed by atoms with van der Waals surface area (Å²) < 4.78 is 0. The van der Waals surface area contributed by atoms with Gasteiger partial charge in [-0.25, -0.2) is 0 Å². The first-order valence-corrected chi connectivity index (χ1v) is 7.52. The molecule has 1 aliphatic heterocycles. The van der Waals surface area contributed by atoms with Gasteiger partial charge in [0.05, 0.1) is 0 Å². The van der Waals surface area contributed by atoms with Crippen molar-refractivity contribution in [3.8, 4) is 11.8 Å². The molecule has 0 aromatic carbocycles. The van der Waals surface area contributed by atoms with Gasteiger partial charge in [0.2, 0.25) is 0 Å². The number of hydrogen-bond donors (Lipinski definition) is 1. The molecule has 15 heavy (non-hydrogen) atoms. The number of hydrogen-bond acceptors (Lipinski definition) is 3. The molecule has 1 N–H and O–H groups in total. The Balaban J connectivity index is 2.49. The molecule has 4 unspecified atom stereocenters. The van der Waals surface area contributed by atoms with Crippen LogP contribution < -0.4 is 5.32 Å². The van der Waals surface area contributed by atoms with Crippen molar-refractivity contribution in [2.75, 3.05) is 12.8 Å². The van der Waals surface area contributed by atoms with Crippen LogP contribution >= 0.6 is 23.5 Å². The lowest BCUT2D eigenvalue weighted by atomic mass is 10.1. The number of nitrogens with one attached hydrogen (secondary N) is 1. The first-order chi connectivity index (χ1) is 7.19. The van der Waals surface area contributed by atoms with Gasteiger partial charge in [-0.1, -0.05) is 13.8 Å². The Labute approximate surface area is 103 Å². The van der Waals surface area contributed by atoms with E-state index < -0.39 is 0 Å². The second-order valence-electron chi connectivity index (χ2n) is 3.94. The van der Waals surface area contributed by atoms with Crippen molar-refractivity contribution >= 4 is 23.5 Å². The van der Waals surface area contributed by atoms with Gasteiger partial charge in [0.25, 0.3) is 0 Å². The maximum absolute atomic E-state index is 3.41. The van der Waals surface area contributed by atoms with Crippen molar-refractivity contribution in [1.82, 2.24) is 5.32 Å². The molecule has 0 aromatic rings. The zero-order chi connectivity index (χ0) is 11.3. The molecule has 0 amide bonds. The van der Waals surface area contributed by atoms with Crippen molar-refractivity contribution < 1.29 is 0 Å². The van der Waals surface area contributed by atoms with Gasteiger partial charge in [-0.05, 0) is 14.0 Å². The van der Waals surface area contributed by atoms with Crippen molar-refractivity contribution in [1.29, 1.82) is 0 Å². The monoisotopic (exact) mass is 243 g/mol. The van der Waals surface area contributed by atoms with Gasteiger partial charge in [-0.2, -0.15) is 23.5 Å². The van der Waals surface area contributed by atoms with E-state index in [4.69, 9.17) is 0 Å². The van der Waals surface area contributed by atoms with Gasteiger partial charge in [0.1, 0.15) is 0 Å². The van der Waals surface area contributed by atoms with Crippen LogP contribution in [0, 0.1) is 11.8 Å². The topological polar surface area (TPSA) is 12.0 Å². The van der Waals surface area contributed by atoms with Crippen LogP contribution in [0.5, 0.6) is 0 Å². The highest BCUT2D eigenvalue weighted by atomic mass is 32.2. The average molecular weight is 243 g/mol. The molecular formula is C12H21NS2. The SMILES string of the molecule is CC#CCC(NC)C1CSC(C)C(C)S1. The fourth-order valence-electron chi connectivity index (χ4n) is 1.65. The normalized spacial score (nSPS) is 32.9. The third-order valence-electron chi connectivity index (χ3n) is 2.89. The molecule has 86 valence electrons. The Morgan fingerprint density at radius 2 is 2.13 bits per heavy atom. The van der Waals surface area contributed by atoms with Crippen LogP contribution in [0.25, 0.3) is 0 Å². The van der Waals surface area contributed by atoms with Gasteiger partial charge in [0, 0.05) is 34.0 Å². The molecule has 0 saturated carbocycles. The lowest BCUT2D eigenvalue weighted by Crippen LogP contribution is -2.41. The molecule has 1 rings (SSSR count). The Morgan fingerprint density at radius 3 is 2.67 bits per heavy atom. The predicted octanol–water partition coefficient (Wildman–Crippen LogP) is 2.61. The molecule has 0 aromatic heterocycles. The van der Waals surface area contributed by atoms with Crippen molar-refractivity contribution in [3.05, 3.63) is 0 Å².